The Morgan fingerprint density at radius 3 is 2.73 bits per heavy atom. The van der Waals surface area contributed by atoms with Gasteiger partial charge in [0.1, 0.15) is 12.4 Å². The van der Waals surface area contributed by atoms with E-state index < -0.39 is 0 Å². The van der Waals surface area contributed by atoms with E-state index in [0.717, 1.165) is 41.1 Å². The van der Waals surface area contributed by atoms with Crippen LogP contribution in [0.1, 0.15) is 24.0 Å². The first-order valence-corrected chi connectivity index (χ1v) is 11.4. The van der Waals surface area contributed by atoms with Gasteiger partial charge in [-0.1, -0.05) is 59.8 Å². The van der Waals surface area contributed by atoms with E-state index >= 15 is 0 Å². The van der Waals surface area contributed by atoms with Gasteiger partial charge in [0.25, 0.3) is 0 Å². The summed E-state index contributed by atoms with van der Waals surface area (Å²) >= 11 is 0. The minimum absolute atomic E-state index is 0.176. The number of carbonyl (C=O) groups is 1. The summed E-state index contributed by atoms with van der Waals surface area (Å²) in [6.07, 6.45) is 3.84. The molecule has 2 N–H and O–H groups in total. The number of ether oxygens (including phenoxy) is 1. The third-order valence-electron chi connectivity index (χ3n) is 6.00. The molecular formula is C27H27N3O3. The fourth-order valence-electron chi connectivity index (χ4n) is 4.32. The number of hydrogen-bond donors (Lipinski definition) is 2. The zero-order valence-electron chi connectivity index (χ0n) is 18.4. The molecule has 2 amide bonds. The number of amides is 2. The molecule has 1 heterocycles. The van der Waals surface area contributed by atoms with Gasteiger partial charge in [-0.3, -0.25) is 0 Å². The Morgan fingerprint density at radius 1 is 1.00 bits per heavy atom. The molecule has 1 atom stereocenters. The van der Waals surface area contributed by atoms with Crippen molar-refractivity contribution in [3.8, 4) is 16.9 Å². The van der Waals surface area contributed by atoms with E-state index in [1.807, 2.05) is 48.5 Å². The number of nitrogens with one attached hydrogen (secondary N) is 2. The topological polar surface area (TPSA) is 72.0 Å². The predicted molar refractivity (Wildman–Crippen MR) is 130 cm³/mol. The smallest absolute Gasteiger partial charge is 0.319 e. The zero-order chi connectivity index (χ0) is 22.5. The zero-order valence-corrected chi connectivity index (χ0v) is 18.4. The minimum Gasteiger partial charge on any atom is -0.489 e. The van der Waals surface area contributed by atoms with Crippen LogP contribution in [-0.2, 0) is 17.7 Å². The van der Waals surface area contributed by atoms with E-state index in [9.17, 15) is 4.79 Å². The van der Waals surface area contributed by atoms with Crippen LogP contribution in [0.25, 0.3) is 11.1 Å². The molecule has 3 aromatic rings. The highest BCUT2D eigenvalue weighted by Crippen LogP contribution is 2.30. The molecule has 0 radical (unpaired) electrons. The Morgan fingerprint density at radius 2 is 1.82 bits per heavy atom. The van der Waals surface area contributed by atoms with Crippen molar-refractivity contribution < 1.29 is 14.4 Å². The second-order valence-electron chi connectivity index (χ2n) is 8.41. The van der Waals surface area contributed by atoms with Gasteiger partial charge < -0.3 is 20.2 Å². The molecule has 1 unspecified atom stereocenters. The summed E-state index contributed by atoms with van der Waals surface area (Å²) in [7, 11) is 0. The van der Waals surface area contributed by atoms with Crippen molar-refractivity contribution in [2.45, 2.75) is 31.8 Å². The van der Waals surface area contributed by atoms with Crippen LogP contribution in [0.4, 0.5) is 10.5 Å². The molecule has 2 aliphatic rings. The van der Waals surface area contributed by atoms with Crippen LogP contribution in [0.3, 0.4) is 0 Å². The number of nitrogens with zero attached hydrogens (tertiary/aromatic N) is 1. The van der Waals surface area contributed by atoms with Gasteiger partial charge in [-0.15, -0.1) is 0 Å². The highest BCUT2D eigenvalue weighted by molar-refractivity contribution is 5.94. The molecule has 5 rings (SSSR count). The van der Waals surface area contributed by atoms with E-state index in [1.165, 1.54) is 17.5 Å². The third kappa shape index (κ3) is 5.17. The van der Waals surface area contributed by atoms with Crippen LogP contribution in [0.2, 0.25) is 0 Å². The highest BCUT2D eigenvalue weighted by Gasteiger charge is 2.22. The molecule has 0 fully saturated rings. The molecular weight excluding hydrogens is 414 g/mol. The molecule has 168 valence electrons. The van der Waals surface area contributed by atoms with E-state index in [0.29, 0.717) is 19.6 Å². The quantitative estimate of drug-likeness (QED) is 0.530. The standard InChI is InChI=1S/C27H27N3O3/c31-27(29-22-14-13-19-9-6-10-21(19)15-22)28-17-23-16-24(33-30-23)18-32-26-12-5-4-11-25(26)20-7-2-1-3-8-20/h1-5,7-8,11-15,24H,6,9-10,16-18H2,(H2,28,29,31). The van der Waals surface area contributed by atoms with Gasteiger partial charge in [0.15, 0.2) is 6.10 Å². The average Bonchev–Trinajstić information content (AvgIpc) is 3.51. The minimum atomic E-state index is -0.243. The maximum absolute atomic E-state index is 12.3. The van der Waals surface area contributed by atoms with E-state index in [4.69, 9.17) is 9.57 Å². The van der Waals surface area contributed by atoms with Crippen molar-refractivity contribution in [2.24, 2.45) is 5.16 Å². The Kier molecular flexibility index (Phi) is 6.24. The largest absolute Gasteiger partial charge is 0.489 e. The fraction of sp³-hybridized carbons (Fsp3) is 0.259. The summed E-state index contributed by atoms with van der Waals surface area (Å²) in [6, 6.07) is 24.0. The molecule has 3 aromatic carbocycles. The van der Waals surface area contributed by atoms with Crippen LogP contribution in [0, 0.1) is 0 Å². The number of hydrogen-bond acceptors (Lipinski definition) is 4. The summed E-state index contributed by atoms with van der Waals surface area (Å²) in [5, 5.41) is 9.90. The number of carbonyl (C=O) groups excluding carboxylic acids is 1. The van der Waals surface area contributed by atoms with E-state index in [-0.39, 0.29) is 12.1 Å². The van der Waals surface area contributed by atoms with Crippen LogP contribution in [-0.4, -0.2) is 31.0 Å². The second kappa shape index (κ2) is 9.77. The van der Waals surface area contributed by atoms with Gasteiger partial charge in [0, 0.05) is 17.7 Å². The van der Waals surface area contributed by atoms with Crippen LogP contribution >= 0.6 is 0 Å². The maximum atomic E-state index is 12.3. The molecule has 0 saturated carbocycles. The molecule has 6 nitrogen and oxygen atoms in total. The van der Waals surface area contributed by atoms with Crippen LogP contribution < -0.4 is 15.4 Å². The Bertz CT molecular complexity index is 1160. The average molecular weight is 442 g/mol. The first kappa shape index (κ1) is 21.1. The van der Waals surface area contributed by atoms with E-state index in [1.54, 1.807) is 0 Å². The summed E-state index contributed by atoms with van der Waals surface area (Å²) in [5.41, 5.74) is 6.49. The molecule has 0 spiro atoms. The second-order valence-corrected chi connectivity index (χ2v) is 8.41. The lowest BCUT2D eigenvalue weighted by molar-refractivity contribution is 0.0472. The number of rotatable bonds is 7. The van der Waals surface area contributed by atoms with Crippen LogP contribution in [0.15, 0.2) is 78.0 Å². The number of urea groups is 1. The molecule has 6 heteroatoms. The van der Waals surface area contributed by atoms with Crippen molar-refractivity contribution in [3.63, 3.8) is 0 Å². The summed E-state index contributed by atoms with van der Waals surface area (Å²) in [6.45, 7) is 0.728. The highest BCUT2D eigenvalue weighted by atomic mass is 16.7. The van der Waals surface area contributed by atoms with Crippen molar-refractivity contribution in [1.29, 1.82) is 0 Å². The third-order valence-corrected chi connectivity index (χ3v) is 6.00. The van der Waals surface area contributed by atoms with Gasteiger partial charge in [-0.05, 0) is 54.2 Å². The Hall–Kier alpha value is -3.80. The Balaban J connectivity index is 1.08. The molecule has 1 aliphatic heterocycles. The predicted octanol–water partition coefficient (Wildman–Crippen LogP) is 5.19. The molecule has 0 bridgehead atoms. The van der Waals surface area contributed by atoms with Crippen molar-refractivity contribution in [3.05, 3.63) is 83.9 Å². The van der Waals surface area contributed by atoms with Crippen molar-refractivity contribution in [1.82, 2.24) is 5.32 Å². The number of para-hydroxylation sites is 1. The Labute approximate surface area is 193 Å². The number of aryl methyl sites for hydroxylation is 2. The van der Waals surface area contributed by atoms with Gasteiger partial charge in [-0.2, -0.15) is 0 Å². The summed E-state index contributed by atoms with van der Waals surface area (Å²) in [5.74, 6) is 0.813. The fourth-order valence-corrected chi connectivity index (χ4v) is 4.32. The number of fused-ring (bicyclic) bond motifs is 1. The first-order chi connectivity index (χ1) is 16.2. The monoisotopic (exact) mass is 441 g/mol. The van der Waals surface area contributed by atoms with Crippen molar-refractivity contribution >= 4 is 17.4 Å². The SMILES string of the molecule is O=C(NCC1=NOC(COc2ccccc2-c2ccccc2)C1)Nc1ccc2c(c1)CCC2. The number of benzene rings is 3. The van der Waals surface area contributed by atoms with Gasteiger partial charge in [0.05, 0.1) is 12.3 Å². The molecule has 33 heavy (non-hydrogen) atoms. The molecule has 1 aliphatic carbocycles. The number of oxime groups is 1. The lowest BCUT2D eigenvalue weighted by atomic mass is 10.0. The molecule has 0 aromatic heterocycles. The van der Waals surface area contributed by atoms with Gasteiger partial charge in [0.2, 0.25) is 0 Å². The van der Waals surface area contributed by atoms with Crippen LogP contribution in [0.5, 0.6) is 5.75 Å². The molecule has 0 saturated heterocycles. The summed E-state index contributed by atoms with van der Waals surface area (Å²) in [4.78, 5) is 17.8. The van der Waals surface area contributed by atoms with Gasteiger partial charge >= 0.3 is 6.03 Å². The number of anilines is 1. The van der Waals surface area contributed by atoms with E-state index in [2.05, 4.69) is 40.1 Å². The summed E-state index contributed by atoms with van der Waals surface area (Å²) < 4.78 is 6.07. The lowest BCUT2D eigenvalue weighted by Gasteiger charge is -2.14. The lowest BCUT2D eigenvalue weighted by Crippen LogP contribution is -2.33. The van der Waals surface area contributed by atoms with Crippen molar-refractivity contribution in [2.75, 3.05) is 18.5 Å². The maximum Gasteiger partial charge on any atom is 0.319 e. The van der Waals surface area contributed by atoms with Gasteiger partial charge in [-0.25, -0.2) is 4.79 Å². The normalized spacial score (nSPS) is 16.5. The first-order valence-electron chi connectivity index (χ1n) is 11.4.